The highest BCUT2D eigenvalue weighted by Crippen LogP contribution is 2.41. The summed E-state index contributed by atoms with van der Waals surface area (Å²) in [6, 6.07) is 14.3. The molecule has 2 N–H and O–H groups in total. The molecular weight excluding hydrogens is 424 g/mol. The van der Waals surface area contributed by atoms with E-state index in [4.69, 9.17) is 4.74 Å². The molecular formula is C21H23BrN2O4. The summed E-state index contributed by atoms with van der Waals surface area (Å²) in [4.78, 5) is 26.2. The first-order valence-corrected chi connectivity index (χ1v) is 9.98. The Labute approximate surface area is 172 Å². The molecule has 0 aliphatic carbocycles. The third-order valence-corrected chi connectivity index (χ3v) is 5.40. The normalized spacial score (nSPS) is 21.0. The van der Waals surface area contributed by atoms with Crippen LogP contribution in [0, 0.1) is 5.92 Å². The molecule has 0 fully saturated rings. The average molecular weight is 447 g/mol. The van der Waals surface area contributed by atoms with Gasteiger partial charge in [0.2, 0.25) is 5.91 Å². The van der Waals surface area contributed by atoms with Crippen molar-refractivity contribution in [1.82, 2.24) is 5.32 Å². The maximum Gasteiger partial charge on any atom is 0.407 e. The number of hydrogen-bond acceptors (Lipinski definition) is 4. The summed E-state index contributed by atoms with van der Waals surface area (Å²) in [5.41, 5.74) is 2.23. The fraction of sp³-hybridized carbons (Fsp3) is 0.333. The van der Waals surface area contributed by atoms with E-state index in [-0.39, 0.29) is 18.9 Å². The highest BCUT2D eigenvalue weighted by molar-refractivity contribution is 9.10. The largest absolute Gasteiger partial charge is 0.445 e. The summed E-state index contributed by atoms with van der Waals surface area (Å²) in [7, 11) is 0. The highest BCUT2D eigenvalue weighted by atomic mass is 79.9. The van der Waals surface area contributed by atoms with Crippen LogP contribution in [-0.2, 0) is 16.1 Å². The van der Waals surface area contributed by atoms with E-state index in [9.17, 15) is 14.7 Å². The number of nitrogens with one attached hydrogen (secondary N) is 1. The van der Waals surface area contributed by atoms with Crippen molar-refractivity contribution >= 4 is 33.6 Å². The first-order chi connectivity index (χ1) is 13.4. The van der Waals surface area contributed by atoms with Crippen molar-refractivity contribution in [1.29, 1.82) is 0 Å². The predicted octanol–water partition coefficient (Wildman–Crippen LogP) is 4.13. The summed E-state index contributed by atoms with van der Waals surface area (Å²) >= 11 is 3.44. The van der Waals surface area contributed by atoms with Gasteiger partial charge in [-0.2, -0.15) is 0 Å². The molecule has 2 aromatic carbocycles. The quantitative estimate of drug-likeness (QED) is 0.739. The molecule has 7 heteroatoms. The molecule has 3 atom stereocenters. The number of aliphatic hydroxyl groups excluding tert-OH is 1. The summed E-state index contributed by atoms with van der Waals surface area (Å²) in [5.74, 6) is -0.588. The lowest BCUT2D eigenvalue weighted by Crippen LogP contribution is -2.52. The van der Waals surface area contributed by atoms with E-state index >= 15 is 0 Å². The number of anilines is 1. The van der Waals surface area contributed by atoms with E-state index in [1.165, 1.54) is 4.90 Å². The fourth-order valence-electron chi connectivity index (χ4n) is 3.38. The van der Waals surface area contributed by atoms with Crippen molar-refractivity contribution in [2.45, 2.75) is 39.1 Å². The average Bonchev–Trinajstić information content (AvgIpc) is 2.70. The molecule has 0 saturated carbocycles. The zero-order valence-electron chi connectivity index (χ0n) is 15.8. The van der Waals surface area contributed by atoms with E-state index in [0.29, 0.717) is 5.69 Å². The number of alkyl carbamates (subject to hydrolysis) is 1. The van der Waals surface area contributed by atoms with Gasteiger partial charge in [0.15, 0.2) is 0 Å². The number of aliphatic hydroxyl groups is 1. The molecule has 6 nitrogen and oxygen atoms in total. The van der Waals surface area contributed by atoms with E-state index < -0.39 is 24.3 Å². The zero-order chi connectivity index (χ0) is 20.3. The second-order valence-electron chi connectivity index (χ2n) is 6.78. The minimum Gasteiger partial charge on any atom is -0.445 e. The lowest BCUT2D eigenvalue weighted by atomic mass is 9.86. The van der Waals surface area contributed by atoms with Crippen LogP contribution in [0.4, 0.5) is 10.5 Å². The van der Waals surface area contributed by atoms with Crippen molar-refractivity contribution in [3.8, 4) is 0 Å². The number of fused-ring (bicyclic) bond motifs is 1. The Bertz CT molecular complexity index is 859. The van der Waals surface area contributed by atoms with Crippen LogP contribution in [0.2, 0.25) is 0 Å². The van der Waals surface area contributed by atoms with Crippen LogP contribution in [0.5, 0.6) is 0 Å². The van der Waals surface area contributed by atoms with Gasteiger partial charge in [-0.25, -0.2) is 4.79 Å². The summed E-state index contributed by atoms with van der Waals surface area (Å²) in [5, 5.41) is 13.6. The van der Waals surface area contributed by atoms with Gasteiger partial charge in [-0.1, -0.05) is 60.1 Å². The van der Waals surface area contributed by atoms with Crippen molar-refractivity contribution in [3.63, 3.8) is 0 Å². The number of nitrogens with zero attached hydrogens (tertiary/aromatic N) is 1. The lowest BCUT2D eigenvalue weighted by molar-refractivity contribution is -0.121. The van der Waals surface area contributed by atoms with Gasteiger partial charge in [-0.3, -0.25) is 9.69 Å². The van der Waals surface area contributed by atoms with E-state index in [2.05, 4.69) is 21.2 Å². The van der Waals surface area contributed by atoms with E-state index in [1.807, 2.05) is 42.5 Å². The topological polar surface area (TPSA) is 78.9 Å². The van der Waals surface area contributed by atoms with E-state index in [0.717, 1.165) is 15.6 Å². The number of benzene rings is 2. The third-order valence-electron chi connectivity index (χ3n) is 4.90. The molecule has 0 spiro atoms. The predicted molar refractivity (Wildman–Crippen MR) is 110 cm³/mol. The van der Waals surface area contributed by atoms with Gasteiger partial charge >= 0.3 is 6.09 Å². The van der Waals surface area contributed by atoms with Crippen molar-refractivity contribution < 1.29 is 19.4 Å². The minimum absolute atomic E-state index is 0.155. The lowest BCUT2D eigenvalue weighted by Gasteiger charge is -2.42. The molecule has 0 saturated heterocycles. The fourth-order valence-corrected chi connectivity index (χ4v) is 3.76. The molecule has 148 valence electrons. The first kappa shape index (κ1) is 20.4. The van der Waals surface area contributed by atoms with Crippen molar-refractivity contribution in [2.75, 3.05) is 4.90 Å². The minimum atomic E-state index is -1.04. The SMILES string of the molecule is CCC(=O)N1c2ccc(Br)cc2[C@H](NC(=O)OCc2ccccc2)[C@@H](C)[C@@H]1O. The number of ether oxygens (including phenoxy) is 1. The molecule has 0 bridgehead atoms. The molecule has 1 aliphatic heterocycles. The Morgan fingerprint density at radius 3 is 2.61 bits per heavy atom. The Kier molecular flexibility index (Phi) is 6.36. The number of hydrogen-bond donors (Lipinski definition) is 2. The Balaban J connectivity index is 1.82. The number of amides is 2. The second kappa shape index (κ2) is 8.75. The summed E-state index contributed by atoms with van der Waals surface area (Å²) < 4.78 is 6.15. The van der Waals surface area contributed by atoms with Crippen molar-refractivity contribution in [3.05, 3.63) is 64.1 Å². The van der Waals surface area contributed by atoms with Crippen LogP contribution in [0.25, 0.3) is 0 Å². The highest BCUT2D eigenvalue weighted by Gasteiger charge is 2.41. The molecule has 2 amide bonds. The molecule has 0 aromatic heterocycles. The Morgan fingerprint density at radius 2 is 1.93 bits per heavy atom. The molecule has 1 aliphatic rings. The number of halogens is 1. The van der Waals surface area contributed by atoms with Crippen molar-refractivity contribution in [2.24, 2.45) is 5.92 Å². The zero-order valence-corrected chi connectivity index (χ0v) is 17.3. The van der Waals surface area contributed by atoms with Gasteiger partial charge in [0, 0.05) is 16.8 Å². The molecule has 2 aromatic rings. The maximum absolute atomic E-state index is 12.4. The Morgan fingerprint density at radius 1 is 1.21 bits per heavy atom. The van der Waals surface area contributed by atoms with Crippen LogP contribution in [0.1, 0.15) is 37.4 Å². The van der Waals surface area contributed by atoms with Crippen LogP contribution < -0.4 is 10.2 Å². The number of carbonyl (C=O) groups is 2. The van der Waals surface area contributed by atoms with Gasteiger partial charge in [-0.05, 0) is 29.3 Å². The number of carbonyl (C=O) groups excluding carboxylic acids is 2. The molecule has 3 rings (SSSR count). The van der Waals surface area contributed by atoms with Crippen LogP contribution in [0.3, 0.4) is 0 Å². The van der Waals surface area contributed by atoms with Crippen LogP contribution >= 0.6 is 15.9 Å². The van der Waals surface area contributed by atoms with Gasteiger partial charge in [0.25, 0.3) is 0 Å². The third kappa shape index (κ3) is 4.20. The van der Waals surface area contributed by atoms with E-state index in [1.54, 1.807) is 19.9 Å². The second-order valence-corrected chi connectivity index (χ2v) is 7.69. The molecule has 0 radical (unpaired) electrons. The monoisotopic (exact) mass is 446 g/mol. The molecule has 28 heavy (non-hydrogen) atoms. The van der Waals surface area contributed by atoms with Gasteiger partial charge in [0.05, 0.1) is 11.7 Å². The molecule has 0 unspecified atom stereocenters. The van der Waals surface area contributed by atoms with Crippen LogP contribution in [0.15, 0.2) is 53.0 Å². The standard InChI is InChI=1S/C21H23BrN2O4/c1-3-18(25)24-17-10-9-15(22)11-16(17)19(13(2)20(24)26)23-21(27)28-12-14-7-5-4-6-8-14/h4-11,13,19-20,26H,3,12H2,1-2H3,(H,23,27)/t13-,19-,20+/m1/s1. The maximum atomic E-state index is 12.4. The van der Waals surface area contributed by atoms with Gasteiger partial charge < -0.3 is 15.2 Å². The summed E-state index contributed by atoms with van der Waals surface area (Å²) in [6.07, 6.45) is -1.34. The first-order valence-electron chi connectivity index (χ1n) is 9.19. The van der Waals surface area contributed by atoms with Gasteiger partial charge in [0.1, 0.15) is 12.8 Å². The number of rotatable bonds is 4. The Hall–Kier alpha value is -2.38. The molecule has 1 heterocycles. The smallest absolute Gasteiger partial charge is 0.407 e. The van der Waals surface area contributed by atoms with Gasteiger partial charge in [-0.15, -0.1) is 0 Å². The summed E-state index contributed by atoms with van der Waals surface area (Å²) in [6.45, 7) is 3.71. The van der Waals surface area contributed by atoms with Crippen LogP contribution in [-0.4, -0.2) is 23.3 Å².